The summed E-state index contributed by atoms with van der Waals surface area (Å²) >= 11 is 6.25. The zero-order chi connectivity index (χ0) is 23.4. The Morgan fingerprint density at radius 2 is 1.36 bits per heavy atom. The summed E-state index contributed by atoms with van der Waals surface area (Å²) in [6.07, 6.45) is 0. The second kappa shape index (κ2) is 9.48. The SMILES string of the molecule is COc1ccc(N(C(=O)c2ccc(-c3ccccc3)cc2)S(=O)(=O)c2ccccc2)cc1Cl. The first-order valence-electron chi connectivity index (χ1n) is 10.1. The normalized spacial score (nSPS) is 11.1. The zero-order valence-electron chi connectivity index (χ0n) is 17.7. The summed E-state index contributed by atoms with van der Waals surface area (Å²) in [6.45, 7) is 0. The Labute approximate surface area is 197 Å². The number of hydrogen-bond acceptors (Lipinski definition) is 4. The van der Waals surface area contributed by atoms with Crippen LogP contribution >= 0.6 is 11.6 Å². The molecule has 0 N–H and O–H groups in total. The van der Waals surface area contributed by atoms with Crippen LogP contribution in [0.25, 0.3) is 11.1 Å². The number of carbonyl (C=O) groups is 1. The Bertz CT molecular complexity index is 1370. The molecule has 4 rings (SSSR count). The topological polar surface area (TPSA) is 63.7 Å². The van der Waals surface area contributed by atoms with Gasteiger partial charge in [0.2, 0.25) is 0 Å². The van der Waals surface area contributed by atoms with Crippen LogP contribution in [0.15, 0.2) is 108 Å². The molecule has 1 amide bonds. The van der Waals surface area contributed by atoms with Crippen LogP contribution < -0.4 is 9.04 Å². The van der Waals surface area contributed by atoms with Crippen LogP contribution in [-0.2, 0) is 10.0 Å². The number of anilines is 1. The maximum atomic E-state index is 13.6. The van der Waals surface area contributed by atoms with Gasteiger partial charge in [-0.25, -0.2) is 8.42 Å². The third kappa shape index (κ3) is 4.62. The lowest BCUT2D eigenvalue weighted by molar-refractivity contribution is 0.101. The van der Waals surface area contributed by atoms with Crippen molar-refractivity contribution in [3.63, 3.8) is 0 Å². The maximum absolute atomic E-state index is 13.6. The number of rotatable bonds is 6. The summed E-state index contributed by atoms with van der Waals surface area (Å²) in [5.74, 6) is -0.322. The fourth-order valence-corrected chi connectivity index (χ4v) is 5.08. The third-order valence-electron chi connectivity index (χ3n) is 5.07. The molecule has 0 unspecified atom stereocenters. The molecule has 0 fully saturated rings. The van der Waals surface area contributed by atoms with E-state index >= 15 is 0 Å². The van der Waals surface area contributed by atoms with Gasteiger partial charge in [0.05, 0.1) is 22.7 Å². The first-order valence-corrected chi connectivity index (χ1v) is 11.9. The number of hydrogen-bond donors (Lipinski definition) is 0. The van der Waals surface area contributed by atoms with Crippen molar-refractivity contribution in [3.05, 3.63) is 114 Å². The van der Waals surface area contributed by atoms with Gasteiger partial charge in [0.25, 0.3) is 15.9 Å². The smallest absolute Gasteiger partial charge is 0.272 e. The standard InChI is InChI=1S/C26H20ClNO4S/c1-32-25-17-16-22(18-24(25)27)28(33(30,31)23-10-6-3-7-11-23)26(29)21-14-12-20(13-15-21)19-8-4-2-5-9-19/h2-18H,1H3. The average Bonchev–Trinajstić information content (AvgIpc) is 2.85. The van der Waals surface area contributed by atoms with Gasteiger partial charge >= 0.3 is 0 Å². The van der Waals surface area contributed by atoms with Crippen molar-refractivity contribution in [3.8, 4) is 16.9 Å². The monoisotopic (exact) mass is 477 g/mol. The fourth-order valence-electron chi connectivity index (χ4n) is 3.40. The van der Waals surface area contributed by atoms with E-state index in [4.69, 9.17) is 16.3 Å². The van der Waals surface area contributed by atoms with Crippen LogP contribution in [0.5, 0.6) is 5.75 Å². The van der Waals surface area contributed by atoms with Crippen molar-refractivity contribution in [1.82, 2.24) is 0 Å². The third-order valence-corrected chi connectivity index (χ3v) is 7.10. The van der Waals surface area contributed by atoms with E-state index in [0.717, 1.165) is 15.4 Å². The lowest BCUT2D eigenvalue weighted by Gasteiger charge is -2.23. The van der Waals surface area contributed by atoms with E-state index in [1.54, 1.807) is 42.5 Å². The molecule has 0 heterocycles. The first-order chi connectivity index (χ1) is 15.9. The van der Waals surface area contributed by atoms with Crippen molar-refractivity contribution in [2.75, 3.05) is 11.4 Å². The van der Waals surface area contributed by atoms with E-state index < -0.39 is 15.9 Å². The van der Waals surface area contributed by atoms with Crippen LogP contribution in [0, 0.1) is 0 Å². The number of methoxy groups -OCH3 is 1. The molecule has 0 aliphatic rings. The molecule has 0 bridgehead atoms. The van der Waals surface area contributed by atoms with Crippen molar-refractivity contribution >= 4 is 33.2 Å². The summed E-state index contributed by atoms with van der Waals surface area (Å²) in [5.41, 5.74) is 2.24. The Kier molecular flexibility index (Phi) is 6.49. The van der Waals surface area contributed by atoms with Gasteiger partial charge in [-0.3, -0.25) is 4.79 Å². The lowest BCUT2D eigenvalue weighted by atomic mass is 10.0. The molecule has 5 nitrogen and oxygen atoms in total. The highest BCUT2D eigenvalue weighted by Crippen LogP contribution is 2.33. The van der Waals surface area contributed by atoms with E-state index in [1.807, 2.05) is 30.3 Å². The predicted octanol–water partition coefficient (Wildman–Crippen LogP) is 6.05. The van der Waals surface area contributed by atoms with E-state index in [1.165, 1.54) is 37.4 Å². The van der Waals surface area contributed by atoms with Crippen molar-refractivity contribution < 1.29 is 17.9 Å². The van der Waals surface area contributed by atoms with Gasteiger partial charge in [-0.2, -0.15) is 4.31 Å². The molecule has 7 heteroatoms. The molecule has 0 atom stereocenters. The fraction of sp³-hybridized carbons (Fsp3) is 0.0385. The average molecular weight is 478 g/mol. The van der Waals surface area contributed by atoms with Crippen LogP contribution in [0.3, 0.4) is 0 Å². The summed E-state index contributed by atoms with van der Waals surface area (Å²) in [4.78, 5) is 13.5. The molecule has 4 aromatic rings. The number of nitrogens with zero attached hydrogens (tertiary/aromatic N) is 1. The largest absolute Gasteiger partial charge is 0.495 e. The Morgan fingerprint density at radius 3 is 1.94 bits per heavy atom. The molecule has 4 aromatic carbocycles. The highest BCUT2D eigenvalue weighted by Gasteiger charge is 2.32. The second-order valence-electron chi connectivity index (χ2n) is 7.15. The molecular weight excluding hydrogens is 458 g/mol. The summed E-state index contributed by atoms with van der Waals surface area (Å²) in [7, 11) is -2.76. The quantitative estimate of drug-likeness (QED) is 0.339. The first kappa shape index (κ1) is 22.6. The number of sulfonamides is 1. The van der Waals surface area contributed by atoms with Crippen LogP contribution in [0.1, 0.15) is 10.4 Å². The van der Waals surface area contributed by atoms with Gasteiger partial charge in [0.1, 0.15) is 5.75 Å². The van der Waals surface area contributed by atoms with Gasteiger partial charge in [-0.05, 0) is 53.6 Å². The molecule has 33 heavy (non-hydrogen) atoms. The molecule has 0 radical (unpaired) electrons. The highest BCUT2D eigenvalue weighted by molar-refractivity contribution is 7.93. The van der Waals surface area contributed by atoms with E-state index in [2.05, 4.69) is 0 Å². The van der Waals surface area contributed by atoms with Gasteiger partial charge in [0, 0.05) is 5.56 Å². The second-order valence-corrected chi connectivity index (χ2v) is 9.34. The molecule has 0 saturated carbocycles. The minimum absolute atomic E-state index is 0.00815. The summed E-state index contributed by atoms with van der Waals surface area (Å²) < 4.78 is 33.0. The Morgan fingerprint density at radius 1 is 0.788 bits per heavy atom. The van der Waals surface area contributed by atoms with Gasteiger partial charge in [0.15, 0.2) is 0 Å². The Hall–Kier alpha value is -3.61. The van der Waals surface area contributed by atoms with Crippen molar-refractivity contribution in [2.24, 2.45) is 0 Å². The Balaban J connectivity index is 1.79. The molecule has 0 aliphatic heterocycles. The van der Waals surface area contributed by atoms with Crippen molar-refractivity contribution in [1.29, 1.82) is 0 Å². The van der Waals surface area contributed by atoms with Crippen LogP contribution in [0.4, 0.5) is 5.69 Å². The van der Waals surface area contributed by atoms with E-state index in [9.17, 15) is 13.2 Å². The summed E-state index contributed by atoms with van der Waals surface area (Å²) in [5, 5.41) is 0.190. The molecule has 0 aromatic heterocycles. The zero-order valence-corrected chi connectivity index (χ0v) is 19.3. The minimum Gasteiger partial charge on any atom is -0.495 e. The summed E-state index contributed by atoms with van der Waals surface area (Å²) in [6, 6.07) is 28.7. The minimum atomic E-state index is -4.22. The number of amides is 1. The molecule has 0 spiro atoms. The number of carbonyl (C=O) groups excluding carboxylic acids is 1. The lowest BCUT2D eigenvalue weighted by Crippen LogP contribution is -2.37. The maximum Gasteiger partial charge on any atom is 0.272 e. The van der Waals surface area contributed by atoms with Gasteiger partial charge in [-0.15, -0.1) is 0 Å². The molecule has 166 valence electrons. The van der Waals surface area contributed by atoms with Crippen LogP contribution in [-0.4, -0.2) is 21.4 Å². The molecule has 0 aliphatic carbocycles. The van der Waals surface area contributed by atoms with E-state index in [0.29, 0.717) is 5.75 Å². The molecule has 0 saturated heterocycles. The highest BCUT2D eigenvalue weighted by atomic mass is 35.5. The van der Waals surface area contributed by atoms with Gasteiger partial charge < -0.3 is 4.74 Å². The van der Waals surface area contributed by atoms with Gasteiger partial charge in [-0.1, -0.05) is 72.3 Å². The predicted molar refractivity (Wildman–Crippen MR) is 130 cm³/mol. The van der Waals surface area contributed by atoms with Crippen LogP contribution in [0.2, 0.25) is 5.02 Å². The molecular formula is C26H20ClNO4S. The number of ether oxygens (including phenoxy) is 1. The van der Waals surface area contributed by atoms with Crippen molar-refractivity contribution in [2.45, 2.75) is 4.90 Å². The number of halogens is 1. The van der Waals surface area contributed by atoms with E-state index in [-0.39, 0.29) is 21.2 Å². The number of benzene rings is 4.